The summed E-state index contributed by atoms with van der Waals surface area (Å²) < 4.78 is 0. The van der Waals surface area contributed by atoms with Crippen molar-refractivity contribution in [3.05, 3.63) is 83.6 Å². The molecule has 2 aromatic heterocycles. The van der Waals surface area contributed by atoms with Crippen molar-refractivity contribution in [2.45, 2.75) is 28.2 Å². The minimum absolute atomic E-state index is 0. The third-order valence-corrected chi connectivity index (χ3v) is 3.53. The number of para-hydroxylation sites is 1. The smallest absolute Gasteiger partial charge is 0.277 e. The Morgan fingerprint density at radius 3 is 2.54 bits per heavy atom. The Bertz CT molecular complexity index is 1020. The van der Waals surface area contributed by atoms with Gasteiger partial charge in [-0.1, -0.05) is 70.4 Å². The molecule has 0 fully saturated rings. The molecule has 0 unspecified atom stereocenters. The van der Waals surface area contributed by atoms with Crippen LogP contribution in [0.1, 0.15) is 34.0 Å². The fourth-order valence-corrected chi connectivity index (χ4v) is 2.35. The van der Waals surface area contributed by atoms with Gasteiger partial charge in [-0.05, 0) is 19.1 Å². The average molecular weight is 377 g/mol. The molecular weight excluding hydrogens is 350 g/mol. The van der Waals surface area contributed by atoms with E-state index in [0.717, 1.165) is 11.3 Å². The summed E-state index contributed by atoms with van der Waals surface area (Å²) in [5.41, 5.74) is 1.77. The van der Waals surface area contributed by atoms with Crippen LogP contribution in [-0.4, -0.2) is 20.2 Å². The Balaban J connectivity index is 0.00000127. The van der Waals surface area contributed by atoms with E-state index < -0.39 is 0 Å². The molecule has 0 aliphatic rings. The van der Waals surface area contributed by atoms with E-state index in [9.17, 15) is 4.79 Å². The van der Waals surface area contributed by atoms with Crippen LogP contribution in [0.25, 0.3) is 16.5 Å². The Kier molecular flexibility index (Phi) is 9.03. The van der Waals surface area contributed by atoms with Crippen LogP contribution in [0.2, 0.25) is 0 Å². The lowest BCUT2D eigenvalue weighted by molar-refractivity contribution is 0.997. The summed E-state index contributed by atoms with van der Waals surface area (Å²) in [6.07, 6.45) is 8.76. The summed E-state index contributed by atoms with van der Waals surface area (Å²) in [5.74, 6) is 0.931. The van der Waals surface area contributed by atoms with Crippen molar-refractivity contribution in [2.75, 3.05) is 5.32 Å². The van der Waals surface area contributed by atoms with Gasteiger partial charge in [0.15, 0.2) is 5.82 Å². The molecule has 146 valence electrons. The summed E-state index contributed by atoms with van der Waals surface area (Å²) in [5, 5.41) is 9.83. The monoisotopic (exact) mass is 377 g/mol. The van der Waals surface area contributed by atoms with Crippen LogP contribution >= 0.6 is 0 Å². The predicted octanol–water partition coefficient (Wildman–Crippen LogP) is 5.26. The normalized spacial score (nSPS) is 10.8. The molecule has 1 aromatic carbocycles. The molecule has 2 N–H and O–H groups in total. The number of nitrogens with one attached hydrogen (secondary N) is 2. The van der Waals surface area contributed by atoms with Crippen molar-refractivity contribution in [1.82, 2.24) is 20.2 Å². The maximum atomic E-state index is 12.2. The number of fused-ring (bicyclic) bond motifs is 1. The van der Waals surface area contributed by atoms with E-state index in [4.69, 9.17) is 0 Å². The molecule has 3 rings (SSSR count). The number of nitrogens with zero attached hydrogens (tertiary/aromatic N) is 3. The van der Waals surface area contributed by atoms with Gasteiger partial charge in [0.05, 0.1) is 6.20 Å². The van der Waals surface area contributed by atoms with E-state index in [1.807, 2.05) is 69.3 Å². The topological polar surface area (TPSA) is 83.6 Å². The molecular formula is C22H27N5O. The van der Waals surface area contributed by atoms with Crippen LogP contribution in [0.3, 0.4) is 0 Å². The number of allylic oxidation sites excluding steroid dienone is 5. The van der Waals surface area contributed by atoms with E-state index in [-0.39, 0.29) is 13.0 Å². The van der Waals surface area contributed by atoms with Crippen LogP contribution in [0.5, 0.6) is 0 Å². The van der Waals surface area contributed by atoms with Crippen molar-refractivity contribution in [3.8, 4) is 0 Å². The molecule has 28 heavy (non-hydrogen) atoms. The van der Waals surface area contributed by atoms with E-state index >= 15 is 0 Å². The summed E-state index contributed by atoms with van der Waals surface area (Å²) in [6, 6.07) is 9.53. The average Bonchev–Trinajstić information content (AvgIpc) is 2.71. The van der Waals surface area contributed by atoms with Gasteiger partial charge in [0, 0.05) is 11.3 Å². The fraction of sp³-hybridized carbons (Fsp3) is 0.182. The second-order valence-corrected chi connectivity index (χ2v) is 5.19. The molecule has 6 nitrogen and oxygen atoms in total. The third kappa shape index (κ3) is 5.23. The van der Waals surface area contributed by atoms with Crippen molar-refractivity contribution >= 4 is 28.0 Å². The molecule has 2 heterocycles. The molecule has 0 spiro atoms. The minimum atomic E-state index is -0.342. The lowest BCUT2D eigenvalue weighted by atomic mass is 10.2. The van der Waals surface area contributed by atoms with Crippen molar-refractivity contribution < 1.29 is 0 Å². The molecule has 0 bridgehead atoms. The van der Waals surface area contributed by atoms with Crippen LogP contribution in [0, 0.1) is 0 Å². The number of aromatic amines is 1. The first-order valence-electron chi connectivity index (χ1n) is 8.76. The van der Waals surface area contributed by atoms with Gasteiger partial charge in [-0.2, -0.15) is 5.10 Å². The summed E-state index contributed by atoms with van der Waals surface area (Å²) in [7, 11) is 0. The molecule has 0 radical (unpaired) electrons. The van der Waals surface area contributed by atoms with Gasteiger partial charge in [0.25, 0.3) is 5.56 Å². The first-order valence-corrected chi connectivity index (χ1v) is 8.76. The third-order valence-electron chi connectivity index (χ3n) is 3.53. The number of H-pyrrole nitrogens is 1. The second kappa shape index (κ2) is 11.2. The largest absolute Gasteiger partial charge is 0.339 e. The molecule has 0 atom stereocenters. The summed E-state index contributed by atoms with van der Waals surface area (Å²) >= 11 is 0. The summed E-state index contributed by atoms with van der Waals surface area (Å²) in [4.78, 5) is 21.3. The highest BCUT2D eigenvalue weighted by atomic mass is 16.1. The maximum Gasteiger partial charge on any atom is 0.277 e. The second-order valence-electron chi connectivity index (χ2n) is 5.19. The van der Waals surface area contributed by atoms with Crippen LogP contribution < -0.4 is 10.9 Å². The highest BCUT2D eigenvalue weighted by Gasteiger charge is 2.13. The zero-order valence-corrected chi connectivity index (χ0v) is 15.7. The lowest BCUT2D eigenvalue weighted by Gasteiger charge is -2.10. The number of benzene rings is 1. The molecule has 0 saturated heterocycles. The number of hydrogen-bond acceptors (Lipinski definition) is 5. The van der Waals surface area contributed by atoms with E-state index in [2.05, 4.69) is 32.1 Å². The SMILES string of the molecule is C.C=C/C=C\C(=C/C)c1nc(Nc2ccccc2)c2c(=O)[nH]ncc2n1.CC. The van der Waals surface area contributed by atoms with Gasteiger partial charge in [0.2, 0.25) is 0 Å². The van der Waals surface area contributed by atoms with Crippen molar-refractivity contribution in [3.63, 3.8) is 0 Å². The number of aromatic nitrogens is 4. The molecule has 0 saturated carbocycles. The highest BCUT2D eigenvalue weighted by Crippen LogP contribution is 2.23. The van der Waals surface area contributed by atoms with Crippen LogP contribution in [-0.2, 0) is 0 Å². The lowest BCUT2D eigenvalue weighted by Crippen LogP contribution is -2.13. The Morgan fingerprint density at radius 2 is 1.89 bits per heavy atom. The van der Waals surface area contributed by atoms with Gasteiger partial charge in [0.1, 0.15) is 16.7 Å². The maximum absolute atomic E-state index is 12.2. The van der Waals surface area contributed by atoms with Crippen LogP contribution in [0.15, 0.2) is 72.2 Å². The standard InChI is InChI=1S/C19H17N5O.C2H6.CH4/c1-3-5-9-13(4-2)17-22-15-12-20-24-19(25)16(15)18(23-17)21-14-10-7-6-8-11-14;1-2;/h3-12H,1H2,2H3,(H,24,25)(H,21,22,23);1-2H3;1H4/b9-5-,13-4+;;. The quantitative estimate of drug-likeness (QED) is 0.592. The predicted molar refractivity (Wildman–Crippen MR) is 119 cm³/mol. The van der Waals surface area contributed by atoms with Crippen molar-refractivity contribution in [2.24, 2.45) is 0 Å². The molecule has 0 aliphatic heterocycles. The van der Waals surface area contributed by atoms with Gasteiger partial charge < -0.3 is 5.32 Å². The van der Waals surface area contributed by atoms with E-state index in [1.54, 1.807) is 6.08 Å². The molecule has 0 aliphatic carbocycles. The zero-order chi connectivity index (χ0) is 19.6. The van der Waals surface area contributed by atoms with Gasteiger partial charge in [-0.25, -0.2) is 15.1 Å². The number of anilines is 2. The van der Waals surface area contributed by atoms with Crippen molar-refractivity contribution in [1.29, 1.82) is 0 Å². The Morgan fingerprint density at radius 1 is 1.18 bits per heavy atom. The molecule has 6 heteroatoms. The minimum Gasteiger partial charge on any atom is -0.339 e. The van der Waals surface area contributed by atoms with Gasteiger partial charge in [-0.3, -0.25) is 4.79 Å². The highest BCUT2D eigenvalue weighted by molar-refractivity contribution is 5.91. The van der Waals surface area contributed by atoms with E-state index in [0.29, 0.717) is 22.5 Å². The van der Waals surface area contributed by atoms with Crippen LogP contribution in [0.4, 0.5) is 11.5 Å². The van der Waals surface area contributed by atoms with Gasteiger partial charge in [-0.15, -0.1) is 0 Å². The Labute approximate surface area is 165 Å². The Hall–Kier alpha value is -3.54. The zero-order valence-electron chi connectivity index (χ0n) is 15.7. The molecule has 0 amide bonds. The van der Waals surface area contributed by atoms with Gasteiger partial charge >= 0.3 is 0 Å². The number of rotatable bonds is 5. The molecule has 3 aromatic rings. The summed E-state index contributed by atoms with van der Waals surface area (Å²) in [6.45, 7) is 9.57. The van der Waals surface area contributed by atoms with E-state index in [1.165, 1.54) is 6.20 Å². The number of hydrogen-bond donors (Lipinski definition) is 2. The fourth-order valence-electron chi connectivity index (χ4n) is 2.35. The first kappa shape index (κ1) is 22.5. The first-order chi connectivity index (χ1) is 13.2.